The van der Waals surface area contributed by atoms with Gasteiger partial charge < -0.3 is 4.42 Å². The van der Waals surface area contributed by atoms with E-state index in [9.17, 15) is 9.18 Å². The molecule has 0 aliphatic heterocycles. The lowest BCUT2D eigenvalue weighted by Gasteiger charge is -2.00. The Morgan fingerprint density at radius 1 is 1.10 bits per heavy atom. The molecule has 0 fully saturated rings. The van der Waals surface area contributed by atoms with Crippen molar-refractivity contribution in [3.63, 3.8) is 0 Å². The quantitative estimate of drug-likeness (QED) is 0.616. The van der Waals surface area contributed by atoms with Crippen molar-refractivity contribution in [3.05, 3.63) is 69.7 Å². The van der Waals surface area contributed by atoms with Gasteiger partial charge in [0.05, 0.1) is 10.6 Å². The zero-order valence-electron chi connectivity index (χ0n) is 9.99. The van der Waals surface area contributed by atoms with Crippen molar-refractivity contribution >= 4 is 40.0 Å². The smallest absolute Gasteiger partial charge is 0.231 e. The number of ketones is 1. The highest BCUT2D eigenvalue weighted by Crippen LogP contribution is 2.28. The molecule has 0 atom stereocenters. The Balaban J connectivity index is 2.13. The normalized spacial score (nSPS) is 10.9. The molecule has 5 heteroatoms. The van der Waals surface area contributed by atoms with Crippen LogP contribution >= 0.6 is 23.2 Å². The maximum atomic E-state index is 13.7. The van der Waals surface area contributed by atoms with Gasteiger partial charge in [-0.15, -0.1) is 0 Å². The molecule has 20 heavy (non-hydrogen) atoms. The molecule has 1 aromatic heterocycles. The lowest BCUT2D eigenvalue weighted by molar-refractivity contribution is 0.101. The van der Waals surface area contributed by atoms with Crippen LogP contribution in [-0.4, -0.2) is 5.78 Å². The summed E-state index contributed by atoms with van der Waals surface area (Å²) < 4.78 is 19.1. The van der Waals surface area contributed by atoms with Crippen LogP contribution in [0.5, 0.6) is 0 Å². The molecule has 3 aromatic rings. The number of furan rings is 1. The zero-order chi connectivity index (χ0) is 14.3. The zero-order valence-corrected chi connectivity index (χ0v) is 11.5. The SMILES string of the molecule is O=C(c1cc2cccc(Cl)c2o1)c1cc(Cl)ccc1F. The maximum Gasteiger partial charge on any atom is 0.231 e. The third-order valence-corrected chi connectivity index (χ3v) is 3.43. The van der Waals surface area contributed by atoms with Crippen LogP contribution in [0, 0.1) is 5.82 Å². The monoisotopic (exact) mass is 308 g/mol. The Hall–Kier alpha value is -1.84. The first-order chi connectivity index (χ1) is 9.56. The number of hydrogen-bond donors (Lipinski definition) is 0. The Morgan fingerprint density at radius 3 is 2.65 bits per heavy atom. The van der Waals surface area contributed by atoms with Crippen LogP contribution in [0.3, 0.4) is 0 Å². The third-order valence-electron chi connectivity index (χ3n) is 2.89. The van der Waals surface area contributed by atoms with E-state index in [1.54, 1.807) is 18.2 Å². The first-order valence-corrected chi connectivity index (χ1v) is 6.49. The molecular formula is C15H7Cl2FO2. The number of carbonyl (C=O) groups is 1. The van der Waals surface area contributed by atoms with Gasteiger partial charge in [0, 0.05) is 10.4 Å². The van der Waals surface area contributed by atoms with Crippen LogP contribution in [0.15, 0.2) is 46.9 Å². The molecular weight excluding hydrogens is 302 g/mol. The van der Waals surface area contributed by atoms with Crippen LogP contribution < -0.4 is 0 Å². The molecule has 0 aliphatic carbocycles. The average molecular weight is 309 g/mol. The minimum absolute atomic E-state index is 0.0225. The van der Waals surface area contributed by atoms with E-state index in [0.717, 1.165) is 6.07 Å². The number of halogens is 3. The second-order valence-electron chi connectivity index (χ2n) is 4.22. The van der Waals surface area contributed by atoms with E-state index in [2.05, 4.69) is 0 Å². The molecule has 3 rings (SSSR count). The van der Waals surface area contributed by atoms with Crippen LogP contribution in [0.2, 0.25) is 10.0 Å². The molecule has 0 radical (unpaired) electrons. The van der Waals surface area contributed by atoms with E-state index >= 15 is 0 Å². The fraction of sp³-hybridized carbons (Fsp3) is 0. The lowest BCUT2D eigenvalue weighted by Crippen LogP contribution is -2.02. The number of para-hydroxylation sites is 1. The largest absolute Gasteiger partial charge is 0.451 e. The molecule has 2 aromatic carbocycles. The Kier molecular flexibility index (Phi) is 3.24. The minimum atomic E-state index is -0.647. The summed E-state index contributed by atoms with van der Waals surface area (Å²) in [6, 6.07) is 10.5. The minimum Gasteiger partial charge on any atom is -0.451 e. The van der Waals surface area contributed by atoms with Gasteiger partial charge in [-0.3, -0.25) is 4.79 Å². The summed E-state index contributed by atoms with van der Waals surface area (Å²) in [6.45, 7) is 0. The molecule has 2 nitrogen and oxygen atoms in total. The Morgan fingerprint density at radius 2 is 1.90 bits per heavy atom. The first kappa shape index (κ1) is 13.2. The van der Waals surface area contributed by atoms with Crippen LogP contribution in [0.25, 0.3) is 11.0 Å². The number of fused-ring (bicyclic) bond motifs is 1. The molecule has 100 valence electrons. The highest BCUT2D eigenvalue weighted by atomic mass is 35.5. The molecule has 0 aliphatic rings. The molecule has 0 bridgehead atoms. The van der Waals surface area contributed by atoms with E-state index in [0.29, 0.717) is 16.0 Å². The summed E-state index contributed by atoms with van der Waals surface area (Å²) in [7, 11) is 0. The van der Waals surface area contributed by atoms with Crippen LogP contribution in [-0.2, 0) is 0 Å². The van der Waals surface area contributed by atoms with E-state index in [1.165, 1.54) is 18.2 Å². The molecule has 0 N–H and O–H groups in total. The summed E-state index contributed by atoms with van der Waals surface area (Å²) in [5.74, 6) is -1.20. The summed E-state index contributed by atoms with van der Waals surface area (Å²) in [5.41, 5.74) is 0.271. The molecule has 0 amide bonds. The van der Waals surface area contributed by atoms with Gasteiger partial charge in [-0.1, -0.05) is 35.3 Å². The summed E-state index contributed by atoms with van der Waals surface area (Å²) in [5, 5.41) is 1.36. The maximum absolute atomic E-state index is 13.7. The lowest BCUT2D eigenvalue weighted by atomic mass is 10.1. The van der Waals surface area contributed by atoms with Gasteiger partial charge in [0.15, 0.2) is 11.3 Å². The summed E-state index contributed by atoms with van der Waals surface area (Å²) in [6.07, 6.45) is 0. The molecule has 0 saturated heterocycles. The predicted octanol–water partition coefficient (Wildman–Crippen LogP) is 5.11. The van der Waals surface area contributed by atoms with Crippen LogP contribution in [0.4, 0.5) is 4.39 Å². The highest BCUT2D eigenvalue weighted by molar-refractivity contribution is 6.35. The average Bonchev–Trinajstić information content (AvgIpc) is 2.86. The van der Waals surface area contributed by atoms with Crippen LogP contribution in [0.1, 0.15) is 16.1 Å². The highest BCUT2D eigenvalue weighted by Gasteiger charge is 2.19. The van der Waals surface area contributed by atoms with Gasteiger partial charge in [0.1, 0.15) is 5.82 Å². The molecule has 1 heterocycles. The third kappa shape index (κ3) is 2.19. The van der Waals surface area contributed by atoms with Crippen molar-refractivity contribution in [2.24, 2.45) is 0 Å². The van der Waals surface area contributed by atoms with Gasteiger partial charge in [0.25, 0.3) is 0 Å². The number of carbonyl (C=O) groups excluding carboxylic acids is 1. The standard InChI is InChI=1S/C15H7Cl2FO2/c16-9-4-5-12(18)10(7-9)14(19)13-6-8-2-1-3-11(17)15(8)20-13/h1-7H. The van der Waals surface area contributed by atoms with Gasteiger partial charge >= 0.3 is 0 Å². The Bertz CT molecular complexity index is 824. The Labute approximate surface area is 123 Å². The molecule has 0 unspecified atom stereocenters. The molecule has 0 spiro atoms. The summed E-state index contributed by atoms with van der Waals surface area (Å²) in [4.78, 5) is 12.3. The van der Waals surface area contributed by atoms with E-state index in [4.69, 9.17) is 27.6 Å². The summed E-state index contributed by atoms with van der Waals surface area (Å²) >= 11 is 11.8. The van der Waals surface area contributed by atoms with Gasteiger partial charge in [-0.05, 0) is 30.3 Å². The number of hydrogen-bond acceptors (Lipinski definition) is 2. The van der Waals surface area contributed by atoms with Crippen molar-refractivity contribution < 1.29 is 13.6 Å². The number of benzene rings is 2. The second kappa shape index (κ2) is 4.93. The van der Waals surface area contributed by atoms with E-state index in [1.807, 2.05) is 0 Å². The predicted molar refractivity (Wildman–Crippen MR) is 76.1 cm³/mol. The first-order valence-electron chi connectivity index (χ1n) is 5.74. The second-order valence-corrected chi connectivity index (χ2v) is 5.07. The van der Waals surface area contributed by atoms with Crippen molar-refractivity contribution in [2.45, 2.75) is 0 Å². The number of rotatable bonds is 2. The molecule has 0 saturated carbocycles. The van der Waals surface area contributed by atoms with Gasteiger partial charge in [-0.2, -0.15) is 0 Å². The van der Waals surface area contributed by atoms with Crippen molar-refractivity contribution in [2.75, 3.05) is 0 Å². The van der Waals surface area contributed by atoms with Crippen molar-refractivity contribution in [1.29, 1.82) is 0 Å². The van der Waals surface area contributed by atoms with Gasteiger partial charge in [-0.25, -0.2) is 4.39 Å². The van der Waals surface area contributed by atoms with Gasteiger partial charge in [0.2, 0.25) is 5.78 Å². The topological polar surface area (TPSA) is 30.2 Å². The van der Waals surface area contributed by atoms with E-state index in [-0.39, 0.29) is 16.3 Å². The fourth-order valence-corrected chi connectivity index (χ4v) is 2.34. The van der Waals surface area contributed by atoms with Crippen molar-refractivity contribution in [1.82, 2.24) is 0 Å². The van der Waals surface area contributed by atoms with E-state index < -0.39 is 11.6 Å². The van der Waals surface area contributed by atoms with Crippen molar-refractivity contribution in [3.8, 4) is 0 Å². The fourth-order valence-electron chi connectivity index (χ4n) is 1.94.